The van der Waals surface area contributed by atoms with Gasteiger partial charge in [0.2, 0.25) is 0 Å². The van der Waals surface area contributed by atoms with Crippen molar-refractivity contribution in [3.05, 3.63) is 11.1 Å². The number of carbonyl (C=O) groups is 2. The summed E-state index contributed by atoms with van der Waals surface area (Å²) in [6, 6.07) is 0. The van der Waals surface area contributed by atoms with Gasteiger partial charge in [0.15, 0.2) is 11.6 Å². The van der Waals surface area contributed by atoms with Crippen LogP contribution in [0, 0.1) is 28.6 Å². The highest BCUT2D eigenvalue weighted by molar-refractivity contribution is 5.96. The van der Waals surface area contributed by atoms with Gasteiger partial charge in [0.05, 0.1) is 0 Å². The quantitative estimate of drug-likeness (QED) is 0.793. The number of aliphatic hydroxyl groups is 2. The minimum atomic E-state index is -1.37. The summed E-state index contributed by atoms with van der Waals surface area (Å²) in [5.41, 5.74) is 0.698. The minimum absolute atomic E-state index is 0.101. The van der Waals surface area contributed by atoms with Crippen molar-refractivity contribution in [2.24, 2.45) is 28.6 Å². The number of Topliss-reactive ketones (excluding diaryl/α,β-unsaturated/α-hetero) is 2. The Balaban J connectivity index is 1.70. The van der Waals surface area contributed by atoms with Crippen LogP contribution in [0.25, 0.3) is 0 Å². The van der Waals surface area contributed by atoms with Gasteiger partial charge < -0.3 is 10.2 Å². The van der Waals surface area contributed by atoms with Crippen molar-refractivity contribution in [1.29, 1.82) is 0 Å². The molecule has 4 aliphatic carbocycles. The van der Waals surface area contributed by atoms with E-state index in [1.807, 2.05) is 6.92 Å². The molecule has 4 heteroatoms. The van der Waals surface area contributed by atoms with Crippen molar-refractivity contribution in [2.45, 2.75) is 77.7 Å². The smallest absolute Gasteiger partial charge is 0.190 e. The molecule has 3 fully saturated rings. The first-order chi connectivity index (χ1) is 12.2. The number of hydrogen-bond acceptors (Lipinski definition) is 4. The molecule has 3 saturated carbocycles. The monoisotopic (exact) mass is 360 g/mol. The molecule has 0 aromatic heterocycles. The molecule has 0 aromatic rings. The van der Waals surface area contributed by atoms with Crippen LogP contribution in [-0.2, 0) is 9.59 Å². The van der Waals surface area contributed by atoms with E-state index in [1.54, 1.807) is 0 Å². The lowest BCUT2D eigenvalue weighted by Crippen LogP contribution is -2.58. The van der Waals surface area contributed by atoms with E-state index >= 15 is 0 Å². The van der Waals surface area contributed by atoms with E-state index in [9.17, 15) is 19.8 Å². The molecule has 4 nitrogen and oxygen atoms in total. The van der Waals surface area contributed by atoms with Crippen LogP contribution >= 0.6 is 0 Å². The van der Waals surface area contributed by atoms with Crippen LogP contribution in [0.1, 0.15) is 72.1 Å². The maximum absolute atomic E-state index is 12.4. The molecule has 0 aliphatic heterocycles. The molecule has 144 valence electrons. The molecule has 0 amide bonds. The second-order valence-electron chi connectivity index (χ2n) is 9.80. The molecule has 4 rings (SSSR count). The van der Waals surface area contributed by atoms with Crippen LogP contribution in [0.15, 0.2) is 11.1 Å². The van der Waals surface area contributed by atoms with Crippen LogP contribution < -0.4 is 0 Å². The second kappa shape index (κ2) is 5.75. The highest BCUT2D eigenvalue weighted by Gasteiger charge is 2.66. The number of allylic oxidation sites excluding steroid dienone is 1. The molecular weight excluding hydrogens is 328 g/mol. The topological polar surface area (TPSA) is 74.6 Å². The van der Waals surface area contributed by atoms with Crippen LogP contribution in [0.4, 0.5) is 0 Å². The molecule has 0 heterocycles. The lowest BCUT2D eigenvalue weighted by molar-refractivity contribution is -0.164. The van der Waals surface area contributed by atoms with E-state index in [0.717, 1.165) is 44.1 Å². The van der Waals surface area contributed by atoms with Gasteiger partial charge in [0.25, 0.3) is 0 Å². The molecule has 26 heavy (non-hydrogen) atoms. The van der Waals surface area contributed by atoms with Crippen LogP contribution in [0.3, 0.4) is 0 Å². The summed E-state index contributed by atoms with van der Waals surface area (Å²) in [4.78, 5) is 24.6. The van der Waals surface area contributed by atoms with Gasteiger partial charge >= 0.3 is 0 Å². The van der Waals surface area contributed by atoms with Gasteiger partial charge in [-0.05, 0) is 80.6 Å². The van der Waals surface area contributed by atoms with Crippen LogP contribution in [0.5, 0.6) is 0 Å². The van der Waals surface area contributed by atoms with E-state index in [4.69, 9.17) is 0 Å². The Hall–Kier alpha value is -1.00. The predicted molar refractivity (Wildman–Crippen MR) is 98.4 cm³/mol. The van der Waals surface area contributed by atoms with Crippen LogP contribution in [-0.4, -0.2) is 34.0 Å². The van der Waals surface area contributed by atoms with Crippen molar-refractivity contribution in [2.75, 3.05) is 6.61 Å². The Bertz CT molecular complexity index is 694. The fraction of sp³-hybridized carbons (Fsp3) is 0.818. The lowest BCUT2D eigenvalue weighted by atomic mass is 9.46. The van der Waals surface area contributed by atoms with E-state index in [2.05, 4.69) is 13.8 Å². The van der Waals surface area contributed by atoms with Crippen molar-refractivity contribution < 1.29 is 19.8 Å². The number of aliphatic hydroxyl groups excluding tert-OH is 1. The molecule has 0 radical (unpaired) electrons. The molecule has 0 unspecified atom stereocenters. The lowest BCUT2D eigenvalue weighted by Gasteiger charge is -2.59. The van der Waals surface area contributed by atoms with Gasteiger partial charge in [-0.2, -0.15) is 0 Å². The normalized spacial score (nSPS) is 48.0. The van der Waals surface area contributed by atoms with Gasteiger partial charge in [-0.25, -0.2) is 0 Å². The standard InChI is InChI=1S/C22H32O4/c1-13-15-5-4-14-16(20(15,2)9-8-18(13)24)6-10-21(3)17(14)7-11-22(21,26)19(25)12-23/h14,16-17,23,26H,4-12H2,1-3H3/t14-,16+,17+,20+,21+,22+/m1/s1. The summed E-state index contributed by atoms with van der Waals surface area (Å²) in [6.45, 7) is 5.88. The van der Waals surface area contributed by atoms with E-state index in [-0.39, 0.29) is 5.41 Å². The summed E-state index contributed by atoms with van der Waals surface area (Å²) < 4.78 is 0. The average molecular weight is 360 g/mol. The SMILES string of the molecule is CC1=C2CC[C@@H]3[C@H](CC[C@@]4(C)[C@H]3CC[C@]4(O)C(=O)CO)[C@@]2(C)CCC1=O. The summed E-state index contributed by atoms with van der Waals surface area (Å²) in [5, 5.41) is 20.6. The van der Waals surface area contributed by atoms with Gasteiger partial charge in [-0.1, -0.05) is 19.4 Å². The van der Waals surface area contributed by atoms with Crippen molar-refractivity contribution >= 4 is 11.6 Å². The third-order valence-electron chi connectivity index (χ3n) is 9.17. The number of hydrogen-bond donors (Lipinski definition) is 2. The maximum Gasteiger partial charge on any atom is 0.190 e. The molecule has 6 atom stereocenters. The first-order valence-electron chi connectivity index (χ1n) is 10.3. The second-order valence-corrected chi connectivity index (χ2v) is 9.80. The van der Waals surface area contributed by atoms with Gasteiger partial charge in [-0.3, -0.25) is 9.59 Å². The zero-order valence-electron chi connectivity index (χ0n) is 16.3. The Morgan fingerprint density at radius 3 is 2.46 bits per heavy atom. The van der Waals surface area contributed by atoms with E-state index in [1.165, 1.54) is 5.57 Å². The molecule has 0 spiro atoms. The largest absolute Gasteiger partial charge is 0.388 e. The Morgan fingerprint density at radius 2 is 1.77 bits per heavy atom. The molecule has 0 saturated heterocycles. The Kier molecular flexibility index (Phi) is 4.06. The minimum Gasteiger partial charge on any atom is -0.388 e. The highest BCUT2D eigenvalue weighted by atomic mass is 16.3. The molecule has 0 bridgehead atoms. The van der Waals surface area contributed by atoms with Gasteiger partial charge in [0.1, 0.15) is 12.2 Å². The molecular formula is C22H32O4. The van der Waals surface area contributed by atoms with Crippen molar-refractivity contribution in [3.63, 3.8) is 0 Å². The summed E-state index contributed by atoms with van der Waals surface area (Å²) in [7, 11) is 0. The number of fused-ring (bicyclic) bond motifs is 5. The van der Waals surface area contributed by atoms with Gasteiger partial charge in [-0.15, -0.1) is 0 Å². The first-order valence-corrected chi connectivity index (χ1v) is 10.3. The number of rotatable bonds is 2. The van der Waals surface area contributed by atoms with E-state index in [0.29, 0.717) is 36.4 Å². The molecule has 0 aromatic carbocycles. The summed E-state index contributed by atoms with van der Waals surface area (Å²) >= 11 is 0. The predicted octanol–water partition coefficient (Wildman–Crippen LogP) is 3.20. The number of ketones is 2. The van der Waals surface area contributed by atoms with E-state index < -0.39 is 23.4 Å². The average Bonchev–Trinajstić information content (AvgIpc) is 2.90. The zero-order chi connectivity index (χ0) is 18.9. The molecule has 4 aliphatic rings. The van der Waals surface area contributed by atoms with Crippen molar-refractivity contribution in [3.8, 4) is 0 Å². The maximum atomic E-state index is 12.4. The van der Waals surface area contributed by atoms with Crippen molar-refractivity contribution in [1.82, 2.24) is 0 Å². The summed E-state index contributed by atoms with van der Waals surface area (Å²) in [5.74, 6) is 1.30. The van der Waals surface area contributed by atoms with Gasteiger partial charge in [0, 0.05) is 11.8 Å². The zero-order valence-corrected chi connectivity index (χ0v) is 16.3. The third-order valence-corrected chi connectivity index (χ3v) is 9.17. The number of carbonyl (C=O) groups excluding carboxylic acids is 2. The highest BCUT2D eigenvalue weighted by Crippen LogP contribution is 2.67. The summed E-state index contributed by atoms with van der Waals surface area (Å²) in [6.07, 6.45) is 6.82. The van der Waals surface area contributed by atoms with Crippen LogP contribution in [0.2, 0.25) is 0 Å². The fourth-order valence-electron chi connectivity index (χ4n) is 7.59. The first kappa shape index (κ1) is 18.4. The third kappa shape index (κ3) is 2.09. The fourth-order valence-corrected chi connectivity index (χ4v) is 7.59. The Labute approximate surface area is 156 Å². The Morgan fingerprint density at radius 1 is 1.08 bits per heavy atom. The molecule has 2 N–H and O–H groups in total.